The first-order valence-electron chi connectivity index (χ1n) is 8.19. The summed E-state index contributed by atoms with van der Waals surface area (Å²) in [7, 11) is 0. The van der Waals surface area contributed by atoms with Crippen molar-refractivity contribution in [3.05, 3.63) is 91.6 Å². The van der Waals surface area contributed by atoms with Gasteiger partial charge in [-0.1, -0.05) is 37.9 Å². The Morgan fingerprint density at radius 3 is 2.67 bits per heavy atom. The van der Waals surface area contributed by atoms with Gasteiger partial charge in [0.15, 0.2) is 0 Å². The van der Waals surface area contributed by atoms with Crippen LogP contribution in [-0.4, -0.2) is 20.4 Å². The molecule has 4 rings (SSSR count). The molecule has 2 aromatic heterocycles. The van der Waals surface area contributed by atoms with Crippen LogP contribution >= 0.6 is 31.9 Å². The van der Waals surface area contributed by atoms with Crippen LogP contribution in [0, 0.1) is 6.92 Å². The molecule has 27 heavy (non-hydrogen) atoms. The number of halogens is 2. The molecular formula is C20H14Br2N4O. The second-order valence-electron chi connectivity index (χ2n) is 5.96. The number of hydrogen-bond acceptors (Lipinski definition) is 3. The van der Waals surface area contributed by atoms with Crippen LogP contribution in [0.1, 0.15) is 11.5 Å². The van der Waals surface area contributed by atoms with E-state index in [1.54, 1.807) is 19.2 Å². The van der Waals surface area contributed by atoms with E-state index in [1.165, 1.54) is 4.68 Å². The van der Waals surface area contributed by atoms with Gasteiger partial charge in [0.25, 0.3) is 5.56 Å². The fraction of sp³-hybridized carbons (Fsp3) is 0.0500. The fourth-order valence-corrected chi connectivity index (χ4v) is 3.62. The van der Waals surface area contributed by atoms with Crippen LogP contribution in [0.25, 0.3) is 16.6 Å². The quantitative estimate of drug-likeness (QED) is 0.387. The summed E-state index contributed by atoms with van der Waals surface area (Å²) in [5.74, 6) is 0.534. The Hall–Kier alpha value is -2.51. The molecule has 7 heteroatoms. The second-order valence-corrected chi connectivity index (χ2v) is 7.80. The van der Waals surface area contributed by atoms with Gasteiger partial charge in [-0.3, -0.25) is 4.79 Å². The normalized spacial score (nSPS) is 11.5. The number of rotatable bonds is 3. The van der Waals surface area contributed by atoms with E-state index in [4.69, 9.17) is 0 Å². The molecule has 0 aliphatic rings. The van der Waals surface area contributed by atoms with E-state index >= 15 is 0 Å². The zero-order valence-corrected chi connectivity index (χ0v) is 17.5. The van der Waals surface area contributed by atoms with Gasteiger partial charge in [0.05, 0.1) is 22.8 Å². The molecule has 0 amide bonds. The fourth-order valence-electron chi connectivity index (χ4n) is 2.87. The third-order valence-electron chi connectivity index (χ3n) is 4.14. The maximum absolute atomic E-state index is 12.8. The second kappa shape index (κ2) is 7.25. The predicted molar refractivity (Wildman–Crippen MR) is 115 cm³/mol. The van der Waals surface area contributed by atoms with Gasteiger partial charge < -0.3 is 4.57 Å². The first kappa shape index (κ1) is 17.9. The molecule has 0 saturated carbocycles. The molecule has 0 unspecified atom stereocenters. The maximum Gasteiger partial charge on any atom is 0.282 e. The molecule has 0 saturated heterocycles. The zero-order chi connectivity index (χ0) is 19.0. The lowest BCUT2D eigenvalue weighted by Crippen LogP contribution is -2.20. The molecular weight excluding hydrogens is 472 g/mol. The first-order chi connectivity index (χ1) is 13.0. The summed E-state index contributed by atoms with van der Waals surface area (Å²) < 4.78 is 5.15. The number of aryl methyl sites for hydroxylation is 1. The van der Waals surface area contributed by atoms with E-state index in [0.29, 0.717) is 16.7 Å². The topological polar surface area (TPSA) is 52.2 Å². The molecule has 0 radical (unpaired) electrons. The zero-order valence-electron chi connectivity index (χ0n) is 14.3. The Kier molecular flexibility index (Phi) is 4.80. The Bertz CT molecular complexity index is 1240. The van der Waals surface area contributed by atoms with Crippen LogP contribution in [0.2, 0.25) is 0 Å². The summed E-state index contributed by atoms with van der Waals surface area (Å²) >= 11 is 6.89. The van der Waals surface area contributed by atoms with Crippen molar-refractivity contribution in [1.29, 1.82) is 0 Å². The van der Waals surface area contributed by atoms with Crippen molar-refractivity contribution in [2.24, 2.45) is 5.10 Å². The monoisotopic (exact) mass is 484 g/mol. The van der Waals surface area contributed by atoms with E-state index in [9.17, 15) is 4.79 Å². The van der Waals surface area contributed by atoms with Crippen LogP contribution < -0.4 is 5.56 Å². The van der Waals surface area contributed by atoms with Crippen molar-refractivity contribution in [2.45, 2.75) is 6.92 Å². The Labute approximate surface area is 172 Å². The average Bonchev–Trinajstić information content (AvgIpc) is 3.11. The maximum atomic E-state index is 12.8. The molecule has 134 valence electrons. The smallest absolute Gasteiger partial charge is 0.282 e. The van der Waals surface area contributed by atoms with Crippen LogP contribution in [0.5, 0.6) is 0 Å². The number of benzene rings is 2. The molecule has 0 atom stereocenters. The summed E-state index contributed by atoms with van der Waals surface area (Å²) in [4.78, 5) is 17.3. The van der Waals surface area contributed by atoms with Crippen LogP contribution in [0.4, 0.5) is 0 Å². The third kappa shape index (κ3) is 3.52. The minimum absolute atomic E-state index is 0.199. The summed E-state index contributed by atoms with van der Waals surface area (Å²) in [5, 5.41) is 4.93. The molecule has 2 aromatic carbocycles. The van der Waals surface area contributed by atoms with Crippen LogP contribution in [-0.2, 0) is 0 Å². The lowest BCUT2D eigenvalue weighted by atomic mass is 10.2. The van der Waals surface area contributed by atoms with Crippen molar-refractivity contribution in [3.63, 3.8) is 0 Å². The highest BCUT2D eigenvalue weighted by molar-refractivity contribution is 9.10. The van der Waals surface area contributed by atoms with E-state index in [-0.39, 0.29) is 5.56 Å². The van der Waals surface area contributed by atoms with Crippen LogP contribution in [0.3, 0.4) is 0 Å². The lowest BCUT2D eigenvalue weighted by molar-refractivity contribution is 0.769. The summed E-state index contributed by atoms with van der Waals surface area (Å²) in [6.07, 6.45) is 3.62. The van der Waals surface area contributed by atoms with Crippen molar-refractivity contribution >= 4 is 49.0 Å². The van der Waals surface area contributed by atoms with Gasteiger partial charge in [0.2, 0.25) is 0 Å². The predicted octanol–water partition coefficient (Wildman–Crippen LogP) is 4.90. The molecule has 5 nitrogen and oxygen atoms in total. The molecule has 0 bridgehead atoms. The number of fused-ring (bicyclic) bond motifs is 1. The molecule has 2 heterocycles. The van der Waals surface area contributed by atoms with Gasteiger partial charge in [-0.05, 0) is 55.5 Å². The lowest BCUT2D eigenvalue weighted by Gasteiger charge is -2.08. The van der Waals surface area contributed by atoms with E-state index < -0.39 is 0 Å². The standard InChI is InChI=1S/C20H14Br2N4O/c1-13-24-19-8-7-15(22)11-18(19)20(27)26(13)23-12-17-6-3-9-25(17)16-5-2-4-14(21)10-16/h2-12H,1H3. The Morgan fingerprint density at radius 2 is 1.85 bits per heavy atom. The molecule has 0 aliphatic carbocycles. The Balaban J connectivity index is 1.79. The minimum Gasteiger partial charge on any atom is -0.316 e. The summed E-state index contributed by atoms with van der Waals surface area (Å²) in [6.45, 7) is 1.77. The largest absolute Gasteiger partial charge is 0.316 e. The van der Waals surface area contributed by atoms with Crippen molar-refractivity contribution in [1.82, 2.24) is 14.2 Å². The first-order valence-corrected chi connectivity index (χ1v) is 9.78. The van der Waals surface area contributed by atoms with Crippen molar-refractivity contribution in [2.75, 3.05) is 0 Å². The third-order valence-corrected chi connectivity index (χ3v) is 5.13. The van der Waals surface area contributed by atoms with E-state index in [1.807, 2.05) is 59.3 Å². The SMILES string of the molecule is Cc1nc2ccc(Br)cc2c(=O)n1N=Cc1cccn1-c1cccc(Br)c1. The highest BCUT2D eigenvalue weighted by Gasteiger charge is 2.08. The van der Waals surface area contributed by atoms with Crippen molar-refractivity contribution < 1.29 is 0 Å². The molecule has 0 spiro atoms. The van der Waals surface area contributed by atoms with Gasteiger partial charge in [-0.25, -0.2) is 4.98 Å². The van der Waals surface area contributed by atoms with Gasteiger partial charge in [-0.15, -0.1) is 0 Å². The van der Waals surface area contributed by atoms with Gasteiger partial charge in [0, 0.05) is 20.8 Å². The number of nitrogens with zero attached hydrogens (tertiary/aromatic N) is 4. The van der Waals surface area contributed by atoms with E-state index in [2.05, 4.69) is 41.9 Å². The van der Waals surface area contributed by atoms with Gasteiger partial charge >= 0.3 is 0 Å². The molecule has 0 fully saturated rings. The Morgan fingerprint density at radius 1 is 1.04 bits per heavy atom. The van der Waals surface area contributed by atoms with E-state index in [0.717, 1.165) is 20.3 Å². The van der Waals surface area contributed by atoms with Gasteiger partial charge in [0.1, 0.15) is 5.82 Å². The van der Waals surface area contributed by atoms with Crippen molar-refractivity contribution in [3.8, 4) is 5.69 Å². The highest BCUT2D eigenvalue weighted by atomic mass is 79.9. The minimum atomic E-state index is -0.199. The highest BCUT2D eigenvalue weighted by Crippen LogP contribution is 2.18. The summed E-state index contributed by atoms with van der Waals surface area (Å²) in [6, 6.07) is 17.3. The van der Waals surface area contributed by atoms with Crippen LogP contribution in [0.15, 0.2) is 79.6 Å². The average molecular weight is 486 g/mol. The number of hydrogen-bond donors (Lipinski definition) is 0. The van der Waals surface area contributed by atoms with Gasteiger partial charge in [-0.2, -0.15) is 9.78 Å². The number of aromatic nitrogens is 3. The summed E-state index contributed by atoms with van der Waals surface area (Å²) in [5.41, 5.74) is 2.31. The molecule has 0 N–H and O–H groups in total. The molecule has 4 aromatic rings. The molecule has 0 aliphatic heterocycles.